The second-order valence-electron chi connectivity index (χ2n) is 5.85. The van der Waals surface area contributed by atoms with E-state index in [9.17, 15) is 0 Å². The highest BCUT2D eigenvalue weighted by atomic mass is 15.3. The van der Waals surface area contributed by atoms with Gasteiger partial charge in [-0.05, 0) is 30.4 Å². The molecule has 0 aromatic carbocycles. The van der Waals surface area contributed by atoms with Gasteiger partial charge in [0.25, 0.3) is 0 Å². The van der Waals surface area contributed by atoms with Gasteiger partial charge in [0.1, 0.15) is 0 Å². The van der Waals surface area contributed by atoms with Gasteiger partial charge in [0, 0.05) is 39.1 Å². The molecule has 1 aromatic rings. The zero-order valence-electron chi connectivity index (χ0n) is 12.6. The van der Waals surface area contributed by atoms with Crippen molar-refractivity contribution in [2.45, 2.75) is 33.2 Å². The van der Waals surface area contributed by atoms with Crippen LogP contribution in [0.3, 0.4) is 0 Å². The van der Waals surface area contributed by atoms with Gasteiger partial charge in [-0.1, -0.05) is 13.8 Å². The molecule has 1 aliphatic heterocycles. The quantitative estimate of drug-likeness (QED) is 0.669. The number of hydrogen-bond acceptors (Lipinski definition) is 1. The summed E-state index contributed by atoms with van der Waals surface area (Å²) in [5.74, 6) is 1.03. The first-order valence-corrected chi connectivity index (χ1v) is 7.14. The van der Waals surface area contributed by atoms with Gasteiger partial charge < -0.3 is 14.8 Å². The lowest BCUT2D eigenvalue weighted by molar-refractivity contribution is 0.322. The SMILES string of the molecule is CCC1(C)CCN(C(=NC)NCc2cccn2C)C1. The molecule has 4 nitrogen and oxygen atoms in total. The highest BCUT2D eigenvalue weighted by molar-refractivity contribution is 5.80. The van der Waals surface area contributed by atoms with Crippen LogP contribution in [0.25, 0.3) is 0 Å². The van der Waals surface area contributed by atoms with E-state index in [1.54, 1.807) is 0 Å². The molecule has 0 aliphatic carbocycles. The average Bonchev–Trinajstić information content (AvgIpc) is 2.98. The Hall–Kier alpha value is -1.45. The summed E-state index contributed by atoms with van der Waals surface area (Å²) >= 11 is 0. The molecule has 0 bridgehead atoms. The van der Waals surface area contributed by atoms with Gasteiger partial charge in [-0.25, -0.2) is 0 Å². The first-order chi connectivity index (χ1) is 9.08. The third-order valence-corrected chi connectivity index (χ3v) is 4.40. The van der Waals surface area contributed by atoms with Crippen molar-refractivity contribution in [2.24, 2.45) is 17.5 Å². The molecule has 0 spiro atoms. The molecule has 2 heterocycles. The first-order valence-electron chi connectivity index (χ1n) is 7.14. The van der Waals surface area contributed by atoms with Crippen molar-refractivity contribution in [1.82, 2.24) is 14.8 Å². The van der Waals surface area contributed by atoms with Crippen LogP contribution in [-0.4, -0.2) is 35.6 Å². The molecule has 0 saturated carbocycles. The van der Waals surface area contributed by atoms with E-state index in [2.05, 4.69) is 59.0 Å². The second-order valence-corrected chi connectivity index (χ2v) is 5.85. The fourth-order valence-electron chi connectivity index (χ4n) is 2.68. The molecule has 0 amide bonds. The predicted octanol–water partition coefficient (Wildman–Crippen LogP) is 2.22. The maximum absolute atomic E-state index is 4.42. The Bertz CT molecular complexity index is 449. The molecule has 1 atom stereocenters. The van der Waals surface area contributed by atoms with Crippen LogP contribution in [0.15, 0.2) is 23.3 Å². The number of likely N-dealkylation sites (tertiary alicyclic amines) is 1. The van der Waals surface area contributed by atoms with E-state index in [0.717, 1.165) is 25.6 Å². The first kappa shape index (κ1) is 14.0. The van der Waals surface area contributed by atoms with Crippen molar-refractivity contribution in [3.05, 3.63) is 24.0 Å². The Kier molecular flexibility index (Phi) is 4.17. The van der Waals surface area contributed by atoms with Crippen LogP contribution in [0, 0.1) is 5.41 Å². The fourth-order valence-corrected chi connectivity index (χ4v) is 2.68. The minimum atomic E-state index is 0.447. The third kappa shape index (κ3) is 3.11. The minimum Gasteiger partial charge on any atom is -0.353 e. The van der Waals surface area contributed by atoms with Gasteiger partial charge >= 0.3 is 0 Å². The Labute approximate surface area is 116 Å². The number of nitrogens with zero attached hydrogens (tertiary/aromatic N) is 3. The molecule has 1 aliphatic rings. The minimum absolute atomic E-state index is 0.447. The summed E-state index contributed by atoms with van der Waals surface area (Å²) in [6.45, 7) is 7.70. The van der Waals surface area contributed by atoms with Crippen LogP contribution < -0.4 is 5.32 Å². The van der Waals surface area contributed by atoms with Crippen LogP contribution in [0.5, 0.6) is 0 Å². The number of aromatic nitrogens is 1. The van der Waals surface area contributed by atoms with E-state index in [1.165, 1.54) is 18.5 Å². The Morgan fingerprint density at radius 3 is 2.84 bits per heavy atom. The van der Waals surface area contributed by atoms with Crippen molar-refractivity contribution in [2.75, 3.05) is 20.1 Å². The standard InChI is InChI=1S/C15H26N4/c1-5-15(2)8-10-19(12-15)14(16-3)17-11-13-7-6-9-18(13)4/h6-7,9H,5,8,10-12H2,1-4H3,(H,16,17). The lowest BCUT2D eigenvalue weighted by Gasteiger charge is -2.25. The van der Waals surface area contributed by atoms with Gasteiger partial charge in [-0.3, -0.25) is 4.99 Å². The molecular formula is C15H26N4. The number of nitrogens with one attached hydrogen (secondary N) is 1. The van der Waals surface area contributed by atoms with Crippen molar-refractivity contribution < 1.29 is 0 Å². The van der Waals surface area contributed by atoms with Crippen molar-refractivity contribution in [3.63, 3.8) is 0 Å². The highest BCUT2D eigenvalue weighted by Gasteiger charge is 2.33. The molecule has 1 aromatic heterocycles. The summed E-state index contributed by atoms with van der Waals surface area (Å²) in [7, 11) is 3.94. The number of hydrogen-bond donors (Lipinski definition) is 1. The zero-order valence-corrected chi connectivity index (χ0v) is 12.6. The van der Waals surface area contributed by atoms with Gasteiger partial charge in [0.15, 0.2) is 5.96 Å². The summed E-state index contributed by atoms with van der Waals surface area (Å²) in [4.78, 5) is 6.80. The maximum atomic E-state index is 4.42. The van der Waals surface area contributed by atoms with Crippen LogP contribution >= 0.6 is 0 Å². The summed E-state index contributed by atoms with van der Waals surface area (Å²) < 4.78 is 2.14. The molecule has 0 radical (unpaired) electrons. The largest absolute Gasteiger partial charge is 0.353 e. The topological polar surface area (TPSA) is 32.6 Å². The molecule has 106 valence electrons. The number of rotatable bonds is 3. The van der Waals surface area contributed by atoms with Crippen molar-refractivity contribution in [3.8, 4) is 0 Å². The van der Waals surface area contributed by atoms with E-state index in [1.807, 2.05) is 7.05 Å². The van der Waals surface area contributed by atoms with E-state index in [-0.39, 0.29) is 0 Å². The van der Waals surface area contributed by atoms with E-state index < -0.39 is 0 Å². The van der Waals surface area contributed by atoms with E-state index >= 15 is 0 Å². The average molecular weight is 262 g/mol. The molecule has 1 N–H and O–H groups in total. The second kappa shape index (κ2) is 5.68. The predicted molar refractivity (Wildman–Crippen MR) is 80.2 cm³/mol. The van der Waals surface area contributed by atoms with Crippen LogP contribution in [0.1, 0.15) is 32.4 Å². The smallest absolute Gasteiger partial charge is 0.193 e. The summed E-state index contributed by atoms with van der Waals surface area (Å²) in [6, 6.07) is 4.21. The number of aryl methyl sites for hydroxylation is 1. The Morgan fingerprint density at radius 2 is 2.32 bits per heavy atom. The molecule has 19 heavy (non-hydrogen) atoms. The zero-order chi connectivity index (χ0) is 13.9. The lowest BCUT2D eigenvalue weighted by atomic mass is 9.87. The lowest BCUT2D eigenvalue weighted by Crippen LogP contribution is -2.40. The van der Waals surface area contributed by atoms with E-state index in [4.69, 9.17) is 0 Å². The van der Waals surface area contributed by atoms with Gasteiger partial charge in [0.2, 0.25) is 0 Å². The van der Waals surface area contributed by atoms with Gasteiger partial charge in [0.05, 0.1) is 6.54 Å². The highest BCUT2D eigenvalue weighted by Crippen LogP contribution is 2.32. The summed E-state index contributed by atoms with van der Waals surface area (Å²) in [6.07, 6.45) is 4.57. The van der Waals surface area contributed by atoms with E-state index in [0.29, 0.717) is 5.41 Å². The summed E-state index contributed by atoms with van der Waals surface area (Å²) in [5.41, 5.74) is 1.72. The fraction of sp³-hybridized carbons (Fsp3) is 0.667. The van der Waals surface area contributed by atoms with Crippen LogP contribution in [0.2, 0.25) is 0 Å². The number of guanidine groups is 1. The molecule has 1 unspecified atom stereocenters. The van der Waals surface area contributed by atoms with Crippen LogP contribution in [-0.2, 0) is 13.6 Å². The van der Waals surface area contributed by atoms with Crippen LogP contribution in [0.4, 0.5) is 0 Å². The monoisotopic (exact) mass is 262 g/mol. The molecular weight excluding hydrogens is 236 g/mol. The Balaban J connectivity index is 1.93. The van der Waals surface area contributed by atoms with Crippen molar-refractivity contribution >= 4 is 5.96 Å². The molecule has 4 heteroatoms. The van der Waals surface area contributed by atoms with Gasteiger partial charge in [-0.15, -0.1) is 0 Å². The molecule has 1 fully saturated rings. The third-order valence-electron chi connectivity index (χ3n) is 4.40. The van der Waals surface area contributed by atoms with Crippen molar-refractivity contribution in [1.29, 1.82) is 0 Å². The molecule has 2 rings (SSSR count). The Morgan fingerprint density at radius 1 is 1.53 bits per heavy atom. The normalized spacial score (nSPS) is 24.0. The van der Waals surface area contributed by atoms with Gasteiger partial charge in [-0.2, -0.15) is 0 Å². The molecule has 1 saturated heterocycles. The number of aliphatic imine (C=N–C) groups is 1. The summed E-state index contributed by atoms with van der Waals surface area (Å²) in [5, 5.41) is 3.47. The maximum Gasteiger partial charge on any atom is 0.193 e.